The molecule has 0 aromatic heterocycles. The zero-order valence-corrected chi connectivity index (χ0v) is 12.4. The van der Waals surface area contributed by atoms with E-state index in [9.17, 15) is 9.59 Å². The summed E-state index contributed by atoms with van der Waals surface area (Å²) in [7, 11) is 2.07. The Morgan fingerprint density at radius 3 is 2.52 bits per heavy atom. The van der Waals surface area contributed by atoms with E-state index in [1.807, 2.05) is 29.2 Å². The lowest BCUT2D eigenvalue weighted by atomic mass is 10.1. The first kappa shape index (κ1) is 14.1. The number of piperazine rings is 1. The highest BCUT2D eigenvalue weighted by Crippen LogP contribution is 2.23. The Morgan fingerprint density at radius 1 is 1.10 bits per heavy atom. The Kier molecular flexibility index (Phi) is 3.92. The number of rotatable bonds is 2. The maximum atomic E-state index is 12.6. The Morgan fingerprint density at radius 2 is 1.86 bits per heavy atom. The van der Waals surface area contributed by atoms with Crippen LogP contribution in [0, 0.1) is 0 Å². The van der Waals surface area contributed by atoms with Gasteiger partial charge in [0.1, 0.15) is 0 Å². The number of amides is 2. The van der Waals surface area contributed by atoms with Gasteiger partial charge in [0.05, 0.1) is 0 Å². The summed E-state index contributed by atoms with van der Waals surface area (Å²) in [6.07, 6.45) is 1.51. The third kappa shape index (κ3) is 2.93. The molecule has 0 atom stereocenters. The zero-order chi connectivity index (χ0) is 14.8. The van der Waals surface area contributed by atoms with Crippen LogP contribution in [0.5, 0.6) is 0 Å². The van der Waals surface area contributed by atoms with Crippen molar-refractivity contribution >= 4 is 17.5 Å². The number of hydrogen-bond donors (Lipinski definition) is 0. The van der Waals surface area contributed by atoms with Crippen molar-refractivity contribution in [3.05, 3.63) is 29.8 Å². The first-order valence-electron chi connectivity index (χ1n) is 7.53. The topological polar surface area (TPSA) is 43.9 Å². The second-order valence-electron chi connectivity index (χ2n) is 5.79. The number of nitrogens with zero attached hydrogens (tertiary/aromatic N) is 3. The number of benzene rings is 1. The first-order chi connectivity index (χ1) is 10.1. The monoisotopic (exact) mass is 287 g/mol. The molecule has 1 aromatic carbocycles. The maximum Gasteiger partial charge on any atom is 0.254 e. The molecule has 0 N–H and O–H groups in total. The van der Waals surface area contributed by atoms with E-state index in [0.29, 0.717) is 12.0 Å². The summed E-state index contributed by atoms with van der Waals surface area (Å²) in [5.41, 5.74) is 1.52. The van der Waals surface area contributed by atoms with Gasteiger partial charge in [-0.25, -0.2) is 0 Å². The average Bonchev–Trinajstić information content (AvgIpc) is 2.94. The summed E-state index contributed by atoms with van der Waals surface area (Å²) in [6.45, 7) is 4.11. The lowest BCUT2D eigenvalue weighted by Crippen LogP contribution is -2.47. The van der Waals surface area contributed by atoms with Crippen LogP contribution < -0.4 is 4.90 Å². The first-order valence-corrected chi connectivity index (χ1v) is 7.53. The Balaban J connectivity index is 1.76. The smallest absolute Gasteiger partial charge is 0.254 e. The van der Waals surface area contributed by atoms with Gasteiger partial charge in [-0.3, -0.25) is 9.59 Å². The highest BCUT2D eigenvalue weighted by atomic mass is 16.2. The summed E-state index contributed by atoms with van der Waals surface area (Å²) >= 11 is 0. The van der Waals surface area contributed by atoms with Crippen molar-refractivity contribution in [2.24, 2.45) is 0 Å². The van der Waals surface area contributed by atoms with Gasteiger partial charge in [0.25, 0.3) is 5.91 Å². The number of carbonyl (C=O) groups is 2. The molecule has 2 aliphatic rings. The molecule has 2 saturated heterocycles. The van der Waals surface area contributed by atoms with E-state index < -0.39 is 0 Å². The van der Waals surface area contributed by atoms with Crippen molar-refractivity contribution in [3.63, 3.8) is 0 Å². The summed E-state index contributed by atoms with van der Waals surface area (Å²) in [5, 5.41) is 0. The van der Waals surface area contributed by atoms with E-state index in [1.165, 1.54) is 0 Å². The molecule has 3 rings (SSSR count). The molecule has 2 amide bonds. The van der Waals surface area contributed by atoms with Crippen molar-refractivity contribution in [1.82, 2.24) is 9.80 Å². The molecule has 2 fully saturated rings. The van der Waals surface area contributed by atoms with Crippen LogP contribution in [0.25, 0.3) is 0 Å². The molecule has 0 saturated carbocycles. The lowest BCUT2D eigenvalue weighted by molar-refractivity contribution is -0.117. The second-order valence-corrected chi connectivity index (χ2v) is 5.79. The number of hydrogen-bond acceptors (Lipinski definition) is 3. The normalized spacial score (nSPS) is 20.1. The zero-order valence-electron chi connectivity index (χ0n) is 12.4. The van der Waals surface area contributed by atoms with E-state index in [0.717, 1.165) is 44.8 Å². The van der Waals surface area contributed by atoms with Crippen molar-refractivity contribution in [1.29, 1.82) is 0 Å². The van der Waals surface area contributed by atoms with E-state index in [2.05, 4.69) is 11.9 Å². The lowest BCUT2D eigenvalue weighted by Gasteiger charge is -2.32. The van der Waals surface area contributed by atoms with Crippen molar-refractivity contribution in [2.75, 3.05) is 44.7 Å². The van der Waals surface area contributed by atoms with Gasteiger partial charge in [-0.1, -0.05) is 6.07 Å². The summed E-state index contributed by atoms with van der Waals surface area (Å²) in [4.78, 5) is 30.3. The molecule has 5 heteroatoms. The van der Waals surface area contributed by atoms with Crippen LogP contribution in [0.1, 0.15) is 23.2 Å². The standard InChI is InChI=1S/C16H21N3O2/c1-17-8-10-18(11-9-17)16(21)13-4-2-5-14(12-13)19-7-3-6-15(19)20/h2,4-5,12H,3,6-11H2,1H3. The summed E-state index contributed by atoms with van der Waals surface area (Å²) in [6, 6.07) is 7.46. The summed E-state index contributed by atoms with van der Waals surface area (Å²) < 4.78 is 0. The van der Waals surface area contributed by atoms with Crippen LogP contribution in [-0.4, -0.2) is 61.4 Å². The molecule has 1 aromatic rings. The molecule has 0 unspecified atom stereocenters. The van der Waals surface area contributed by atoms with Crippen molar-refractivity contribution < 1.29 is 9.59 Å². The minimum atomic E-state index is 0.0663. The predicted molar refractivity (Wildman–Crippen MR) is 81.4 cm³/mol. The third-order valence-electron chi connectivity index (χ3n) is 4.27. The van der Waals surface area contributed by atoms with Gasteiger partial charge in [-0.15, -0.1) is 0 Å². The van der Waals surface area contributed by atoms with E-state index in [-0.39, 0.29) is 11.8 Å². The van der Waals surface area contributed by atoms with Crippen molar-refractivity contribution in [2.45, 2.75) is 12.8 Å². The van der Waals surface area contributed by atoms with Crippen LogP contribution >= 0.6 is 0 Å². The van der Waals surface area contributed by atoms with Gasteiger partial charge >= 0.3 is 0 Å². The predicted octanol–water partition coefficient (Wildman–Crippen LogP) is 1.20. The van der Waals surface area contributed by atoms with Gasteiger partial charge in [-0.2, -0.15) is 0 Å². The van der Waals surface area contributed by atoms with Crippen LogP contribution in [0.4, 0.5) is 5.69 Å². The van der Waals surface area contributed by atoms with Gasteiger partial charge < -0.3 is 14.7 Å². The number of carbonyl (C=O) groups excluding carboxylic acids is 2. The van der Waals surface area contributed by atoms with Gasteiger partial charge in [0.15, 0.2) is 0 Å². The number of anilines is 1. The van der Waals surface area contributed by atoms with Gasteiger partial charge in [0, 0.05) is 50.4 Å². The van der Waals surface area contributed by atoms with Crippen molar-refractivity contribution in [3.8, 4) is 0 Å². The molecule has 21 heavy (non-hydrogen) atoms. The molecular formula is C16H21N3O2. The fourth-order valence-corrected chi connectivity index (χ4v) is 2.92. The Labute approximate surface area is 125 Å². The molecular weight excluding hydrogens is 266 g/mol. The van der Waals surface area contributed by atoms with Gasteiger partial charge in [0.2, 0.25) is 5.91 Å². The average molecular weight is 287 g/mol. The van der Waals surface area contributed by atoms with Crippen LogP contribution in [-0.2, 0) is 4.79 Å². The molecule has 2 aliphatic heterocycles. The highest BCUT2D eigenvalue weighted by molar-refractivity contribution is 5.99. The highest BCUT2D eigenvalue weighted by Gasteiger charge is 2.24. The third-order valence-corrected chi connectivity index (χ3v) is 4.27. The maximum absolute atomic E-state index is 12.6. The quantitative estimate of drug-likeness (QED) is 0.821. The molecule has 0 aliphatic carbocycles. The van der Waals surface area contributed by atoms with Gasteiger partial charge in [-0.05, 0) is 31.7 Å². The molecule has 0 radical (unpaired) electrons. The summed E-state index contributed by atoms with van der Waals surface area (Å²) in [5.74, 6) is 0.218. The molecule has 112 valence electrons. The largest absolute Gasteiger partial charge is 0.336 e. The van der Waals surface area contributed by atoms with E-state index >= 15 is 0 Å². The molecule has 0 bridgehead atoms. The van der Waals surface area contributed by atoms with E-state index in [4.69, 9.17) is 0 Å². The van der Waals surface area contributed by atoms with Crippen LogP contribution in [0.2, 0.25) is 0 Å². The Bertz CT molecular complexity index is 550. The fourth-order valence-electron chi connectivity index (χ4n) is 2.92. The molecule has 2 heterocycles. The second kappa shape index (κ2) is 5.85. The number of likely N-dealkylation sites (N-methyl/N-ethyl adjacent to an activating group) is 1. The molecule has 5 nitrogen and oxygen atoms in total. The van der Waals surface area contributed by atoms with E-state index in [1.54, 1.807) is 4.90 Å². The Hall–Kier alpha value is -1.88. The SMILES string of the molecule is CN1CCN(C(=O)c2cccc(N3CCCC3=O)c2)CC1. The fraction of sp³-hybridized carbons (Fsp3) is 0.500. The molecule has 0 spiro atoms. The minimum Gasteiger partial charge on any atom is -0.336 e. The van der Waals surface area contributed by atoms with Crippen LogP contribution in [0.15, 0.2) is 24.3 Å². The minimum absolute atomic E-state index is 0.0663. The van der Waals surface area contributed by atoms with Crippen LogP contribution in [0.3, 0.4) is 0 Å².